The first-order valence-electron chi connectivity index (χ1n) is 6.95. The number of hydrogen-bond donors (Lipinski definition) is 0. The summed E-state index contributed by atoms with van der Waals surface area (Å²) in [5.41, 5.74) is 0. The molecule has 0 fully saturated rings. The van der Waals surface area contributed by atoms with E-state index >= 15 is 0 Å². The van der Waals surface area contributed by atoms with Gasteiger partial charge in [-0.2, -0.15) is 10.2 Å². The lowest BCUT2D eigenvalue weighted by molar-refractivity contribution is 0.684. The van der Waals surface area contributed by atoms with Crippen molar-refractivity contribution < 1.29 is 0 Å². The monoisotopic (exact) mass is 224 g/mol. The summed E-state index contributed by atoms with van der Waals surface area (Å²) in [6.07, 6.45) is 16.5. The van der Waals surface area contributed by atoms with Crippen LogP contribution in [0.25, 0.3) is 0 Å². The Kier molecular flexibility index (Phi) is 13.7. The van der Waals surface area contributed by atoms with Crippen molar-refractivity contribution in [3.05, 3.63) is 0 Å². The lowest BCUT2D eigenvalue weighted by Crippen LogP contribution is -1.79. The zero-order valence-electron chi connectivity index (χ0n) is 11.1. The summed E-state index contributed by atoms with van der Waals surface area (Å²) in [7, 11) is 0. The highest BCUT2D eigenvalue weighted by Crippen LogP contribution is 2.01. The molecule has 2 heteroatoms. The van der Waals surface area contributed by atoms with E-state index in [2.05, 4.69) is 24.1 Å². The standard InChI is InChI=1S/C14H28N2/c1-3-5-7-9-11-13-15-16-14-12-10-8-6-4-2/h13-14H,3-12H2,1-2H3/b15-13-,16-14+. The van der Waals surface area contributed by atoms with Gasteiger partial charge in [0.05, 0.1) is 0 Å². The van der Waals surface area contributed by atoms with Crippen molar-refractivity contribution in [2.45, 2.75) is 78.1 Å². The Morgan fingerprint density at radius 2 is 1.06 bits per heavy atom. The molecular weight excluding hydrogens is 196 g/mol. The third-order valence-corrected chi connectivity index (χ3v) is 2.60. The van der Waals surface area contributed by atoms with Gasteiger partial charge in [-0.3, -0.25) is 0 Å². The maximum atomic E-state index is 4.03. The second-order valence-electron chi connectivity index (χ2n) is 4.29. The van der Waals surface area contributed by atoms with Crippen molar-refractivity contribution in [3.8, 4) is 0 Å². The molecule has 0 N–H and O–H groups in total. The summed E-state index contributed by atoms with van der Waals surface area (Å²) >= 11 is 0. The minimum Gasteiger partial charge on any atom is -0.164 e. The minimum atomic E-state index is 1.08. The Hall–Kier alpha value is -0.660. The van der Waals surface area contributed by atoms with Gasteiger partial charge in [0.15, 0.2) is 0 Å². The van der Waals surface area contributed by atoms with Crippen LogP contribution in [-0.4, -0.2) is 12.4 Å². The van der Waals surface area contributed by atoms with Crippen molar-refractivity contribution >= 4 is 12.4 Å². The molecule has 0 heterocycles. The van der Waals surface area contributed by atoms with Crippen LogP contribution in [0.15, 0.2) is 10.2 Å². The van der Waals surface area contributed by atoms with Gasteiger partial charge < -0.3 is 0 Å². The maximum Gasteiger partial charge on any atom is 0.0270 e. The molecule has 0 aliphatic carbocycles. The van der Waals surface area contributed by atoms with Crippen molar-refractivity contribution in [1.29, 1.82) is 0 Å². The molecule has 16 heavy (non-hydrogen) atoms. The predicted octanol–water partition coefficient (Wildman–Crippen LogP) is 4.98. The highest BCUT2D eigenvalue weighted by molar-refractivity contribution is 5.61. The molecule has 0 aliphatic heterocycles. The average Bonchev–Trinajstić information content (AvgIpc) is 2.31. The molecule has 0 atom stereocenters. The third-order valence-electron chi connectivity index (χ3n) is 2.60. The molecule has 0 radical (unpaired) electrons. The van der Waals surface area contributed by atoms with Gasteiger partial charge in [0.25, 0.3) is 0 Å². The average molecular weight is 224 g/mol. The first kappa shape index (κ1) is 15.3. The van der Waals surface area contributed by atoms with Crippen LogP contribution < -0.4 is 0 Å². The molecule has 2 nitrogen and oxygen atoms in total. The van der Waals surface area contributed by atoms with Crippen molar-refractivity contribution in [2.24, 2.45) is 10.2 Å². The summed E-state index contributed by atoms with van der Waals surface area (Å²) in [6.45, 7) is 4.47. The van der Waals surface area contributed by atoms with Gasteiger partial charge in [0, 0.05) is 12.4 Å². The van der Waals surface area contributed by atoms with E-state index < -0.39 is 0 Å². The van der Waals surface area contributed by atoms with Crippen LogP contribution in [0.5, 0.6) is 0 Å². The van der Waals surface area contributed by atoms with Gasteiger partial charge in [-0.25, -0.2) is 0 Å². The molecule has 0 spiro atoms. The third kappa shape index (κ3) is 13.3. The lowest BCUT2D eigenvalue weighted by Gasteiger charge is -1.93. The molecule has 0 bridgehead atoms. The molecule has 0 aromatic heterocycles. The predicted molar refractivity (Wildman–Crippen MR) is 74.5 cm³/mol. The van der Waals surface area contributed by atoms with Crippen LogP contribution in [0.1, 0.15) is 78.1 Å². The number of hydrogen-bond acceptors (Lipinski definition) is 2. The smallest absolute Gasteiger partial charge is 0.0270 e. The van der Waals surface area contributed by atoms with E-state index in [1.807, 2.05) is 12.4 Å². The fraction of sp³-hybridized carbons (Fsp3) is 0.857. The van der Waals surface area contributed by atoms with Crippen LogP contribution >= 0.6 is 0 Å². The van der Waals surface area contributed by atoms with Crippen molar-refractivity contribution in [2.75, 3.05) is 0 Å². The van der Waals surface area contributed by atoms with Gasteiger partial charge in [-0.15, -0.1) is 0 Å². The Labute approximate surface area is 101 Å². The second-order valence-corrected chi connectivity index (χ2v) is 4.29. The molecule has 94 valence electrons. The van der Waals surface area contributed by atoms with E-state index in [1.165, 1.54) is 51.4 Å². The van der Waals surface area contributed by atoms with Crippen LogP contribution in [0.4, 0.5) is 0 Å². The van der Waals surface area contributed by atoms with E-state index in [0.29, 0.717) is 0 Å². The molecule has 0 rings (SSSR count). The zero-order valence-corrected chi connectivity index (χ0v) is 11.1. The lowest BCUT2D eigenvalue weighted by atomic mass is 10.2. The number of unbranched alkanes of at least 4 members (excludes halogenated alkanes) is 8. The Morgan fingerprint density at radius 1 is 0.625 bits per heavy atom. The first-order chi connectivity index (χ1) is 7.91. The van der Waals surface area contributed by atoms with E-state index in [9.17, 15) is 0 Å². The summed E-state index contributed by atoms with van der Waals surface area (Å²) in [6, 6.07) is 0. The number of nitrogens with zero attached hydrogens (tertiary/aromatic N) is 2. The normalized spacial score (nSPS) is 11.9. The van der Waals surface area contributed by atoms with Gasteiger partial charge in [-0.05, 0) is 25.7 Å². The maximum absolute atomic E-state index is 4.03. The molecule has 0 saturated heterocycles. The quantitative estimate of drug-likeness (QED) is 0.268. The summed E-state index contributed by atoms with van der Waals surface area (Å²) < 4.78 is 0. The Balaban J connectivity index is 3.15. The highest BCUT2D eigenvalue weighted by atomic mass is 15.2. The topological polar surface area (TPSA) is 24.7 Å². The molecule has 0 aromatic rings. The summed E-state index contributed by atoms with van der Waals surface area (Å²) in [5, 5.41) is 8.06. The van der Waals surface area contributed by atoms with E-state index in [-0.39, 0.29) is 0 Å². The number of rotatable bonds is 11. The van der Waals surface area contributed by atoms with E-state index in [4.69, 9.17) is 0 Å². The van der Waals surface area contributed by atoms with Crippen molar-refractivity contribution in [1.82, 2.24) is 0 Å². The van der Waals surface area contributed by atoms with E-state index in [0.717, 1.165) is 12.8 Å². The minimum absolute atomic E-state index is 1.08. The Bertz CT molecular complexity index is 154. The van der Waals surface area contributed by atoms with E-state index in [1.54, 1.807) is 0 Å². The van der Waals surface area contributed by atoms with Crippen molar-refractivity contribution in [3.63, 3.8) is 0 Å². The molecular formula is C14H28N2. The molecule has 0 aliphatic rings. The van der Waals surface area contributed by atoms with Gasteiger partial charge in [-0.1, -0.05) is 52.4 Å². The van der Waals surface area contributed by atoms with Crippen LogP contribution in [-0.2, 0) is 0 Å². The largest absolute Gasteiger partial charge is 0.164 e. The second kappa shape index (κ2) is 14.3. The van der Waals surface area contributed by atoms with Crippen LogP contribution in [0.2, 0.25) is 0 Å². The van der Waals surface area contributed by atoms with Crippen LogP contribution in [0.3, 0.4) is 0 Å². The fourth-order valence-electron chi connectivity index (χ4n) is 1.53. The van der Waals surface area contributed by atoms with Gasteiger partial charge >= 0.3 is 0 Å². The van der Waals surface area contributed by atoms with Gasteiger partial charge in [0.1, 0.15) is 0 Å². The molecule has 0 unspecified atom stereocenters. The Morgan fingerprint density at radius 3 is 1.44 bits per heavy atom. The SMILES string of the molecule is CCCCCC/C=N\N=C\CCCCCC. The highest BCUT2D eigenvalue weighted by Gasteiger charge is 1.85. The fourth-order valence-corrected chi connectivity index (χ4v) is 1.53. The molecule has 0 amide bonds. The van der Waals surface area contributed by atoms with Crippen LogP contribution in [0, 0.1) is 0 Å². The first-order valence-corrected chi connectivity index (χ1v) is 6.95. The zero-order chi connectivity index (χ0) is 11.9. The molecule has 0 saturated carbocycles. The molecule has 0 aromatic carbocycles. The van der Waals surface area contributed by atoms with Gasteiger partial charge in [0.2, 0.25) is 0 Å². The summed E-state index contributed by atoms with van der Waals surface area (Å²) in [4.78, 5) is 0. The summed E-state index contributed by atoms with van der Waals surface area (Å²) in [5.74, 6) is 0.